The van der Waals surface area contributed by atoms with Crippen LogP contribution in [0.25, 0.3) is 0 Å². The maximum atomic E-state index is 5.55. The molecule has 0 aliphatic heterocycles. The summed E-state index contributed by atoms with van der Waals surface area (Å²) in [6.45, 7) is 3.32. The van der Waals surface area contributed by atoms with Gasteiger partial charge in [-0.15, -0.1) is 5.10 Å². The van der Waals surface area contributed by atoms with E-state index >= 15 is 0 Å². The van der Waals surface area contributed by atoms with E-state index in [9.17, 15) is 0 Å². The van der Waals surface area contributed by atoms with Gasteiger partial charge in [0.1, 0.15) is 5.82 Å². The van der Waals surface area contributed by atoms with Gasteiger partial charge in [0.2, 0.25) is 0 Å². The fourth-order valence-electron chi connectivity index (χ4n) is 1.54. The smallest absolute Gasteiger partial charge is 0.149 e. The number of nitrogens with two attached hydrogens (primary N) is 1. The van der Waals surface area contributed by atoms with E-state index in [2.05, 4.69) is 27.6 Å². The first-order valence-corrected chi connectivity index (χ1v) is 5.59. The SMILES string of the molecule is Cc1cnnc(NCc2ccc(CN)cc2)c1. The van der Waals surface area contributed by atoms with E-state index in [1.54, 1.807) is 6.20 Å². The average Bonchev–Trinajstić information content (AvgIpc) is 2.37. The molecule has 4 nitrogen and oxygen atoms in total. The van der Waals surface area contributed by atoms with Crippen molar-refractivity contribution in [2.45, 2.75) is 20.0 Å². The highest BCUT2D eigenvalue weighted by atomic mass is 15.2. The molecule has 1 heterocycles. The molecule has 0 amide bonds. The molecule has 0 unspecified atom stereocenters. The molecule has 2 aromatic rings. The van der Waals surface area contributed by atoms with E-state index < -0.39 is 0 Å². The van der Waals surface area contributed by atoms with Gasteiger partial charge in [0.15, 0.2) is 0 Å². The molecule has 0 bridgehead atoms. The van der Waals surface area contributed by atoms with Crippen LogP contribution in [0.15, 0.2) is 36.5 Å². The molecule has 0 saturated carbocycles. The molecule has 4 heteroatoms. The van der Waals surface area contributed by atoms with Gasteiger partial charge in [0.25, 0.3) is 0 Å². The third-order valence-electron chi connectivity index (χ3n) is 2.52. The van der Waals surface area contributed by atoms with Crippen LogP contribution in [-0.2, 0) is 13.1 Å². The summed E-state index contributed by atoms with van der Waals surface area (Å²) in [4.78, 5) is 0. The van der Waals surface area contributed by atoms with Crippen LogP contribution in [0, 0.1) is 6.92 Å². The second kappa shape index (κ2) is 5.41. The summed E-state index contributed by atoms with van der Waals surface area (Å²) in [5, 5.41) is 11.1. The number of benzene rings is 1. The van der Waals surface area contributed by atoms with E-state index in [-0.39, 0.29) is 0 Å². The molecule has 0 radical (unpaired) electrons. The fourth-order valence-corrected chi connectivity index (χ4v) is 1.54. The van der Waals surface area contributed by atoms with Gasteiger partial charge in [0.05, 0.1) is 6.20 Å². The Hall–Kier alpha value is -1.94. The lowest BCUT2D eigenvalue weighted by atomic mass is 10.1. The highest BCUT2D eigenvalue weighted by molar-refractivity contribution is 5.36. The summed E-state index contributed by atoms with van der Waals surface area (Å²) >= 11 is 0. The Labute approximate surface area is 101 Å². The van der Waals surface area contributed by atoms with Crippen molar-refractivity contribution in [1.29, 1.82) is 0 Å². The predicted octanol–water partition coefficient (Wildman–Crippen LogP) is 1.86. The maximum absolute atomic E-state index is 5.55. The molecule has 0 saturated heterocycles. The van der Waals surface area contributed by atoms with E-state index in [0.717, 1.165) is 23.5 Å². The summed E-state index contributed by atoms with van der Waals surface area (Å²) in [7, 11) is 0. The molecule has 0 fully saturated rings. The Morgan fingerprint density at radius 2 is 1.88 bits per heavy atom. The van der Waals surface area contributed by atoms with Crippen LogP contribution in [0.1, 0.15) is 16.7 Å². The van der Waals surface area contributed by atoms with Crippen molar-refractivity contribution in [2.75, 3.05) is 5.32 Å². The quantitative estimate of drug-likeness (QED) is 0.838. The van der Waals surface area contributed by atoms with E-state index in [1.807, 2.05) is 25.1 Å². The van der Waals surface area contributed by atoms with Crippen molar-refractivity contribution >= 4 is 5.82 Å². The van der Waals surface area contributed by atoms with Gasteiger partial charge >= 0.3 is 0 Å². The normalized spacial score (nSPS) is 10.2. The van der Waals surface area contributed by atoms with Gasteiger partial charge in [-0.1, -0.05) is 24.3 Å². The molecule has 17 heavy (non-hydrogen) atoms. The van der Waals surface area contributed by atoms with E-state index in [4.69, 9.17) is 5.73 Å². The van der Waals surface area contributed by atoms with Crippen molar-refractivity contribution in [1.82, 2.24) is 10.2 Å². The molecular weight excluding hydrogens is 212 g/mol. The summed E-state index contributed by atoms with van der Waals surface area (Å²) in [5.41, 5.74) is 8.99. The molecule has 0 atom stereocenters. The monoisotopic (exact) mass is 228 g/mol. The van der Waals surface area contributed by atoms with Crippen molar-refractivity contribution < 1.29 is 0 Å². The van der Waals surface area contributed by atoms with Crippen LogP contribution < -0.4 is 11.1 Å². The Bertz CT molecular complexity index is 479. The molecular formula is C13H16N4. The summed E-state index contributed by atoms with van der Waals surface area (Å²) in [6, 6.07) is 10.2. The van der Waals surface area contributed by atoms with Crippen LogP contribution >= 0.6 is 0 Å². The number of aryl methyl sites for hydroxylation is 1. The van der Waals surface area contributed by atoms with E-state index in [0.29, 0.717) is 6.54 Å². The number of hydrogen-bond acceptors (Lipinski definition) is 4. The molecule has 0 aliphatic rings. The summed E-state index contributed by atoms with van der Waals surface area (Å²) in [6.07, 6.45) is 1.74. The number of nitrogens with one attached hydrogen (secondary N) is 1. The number of aromatic nitrogens is 2. The molecule has 2 rings (SSSR count). The first kappa shape index (κ1) is 11.5. The highest BCUT2D eigenvalue weighted by Crippen LogP contribution is 2.08. The Morgan fingerprint density at radius 3 is 2.53 bits per heavy atom. The molecule has 1 aromatic carbocycles. The van der Waals surface area contributed by atoms with Crippen molar-refractivity contribution in [2.24, 2.45) is 5.73 Å². The third kappa shape index (κ3) is 3.26. The zero-order valence-corrected chi connectivity index (χ0v) is 9.85. The first-order valence-electron chi connectivity index (χ1n) is 5.59. The zero-order chi connectivity index (χ0) is 12.1. The third-order valence-corrected chi connectivity index (χ3v) is 2.52. The average molecular weight is 228 g/mol. The number of anilines is 1. The van der Waals surface area contributed by atoms with Gasteiger partial charge in [-0.25, -0.2) is 0 Å². The van der Waals surface area contributed by atoms with Gasteiger partial charge in [-0.2, -0.15) is 5.10 Å². The standard InChI is InChI=1S/C13H16N4/c1-10-6-13(17-16-8-10)15-9-12-4-2-11(7-14)3-5-12/h2-6,8H,7,9,14H2,1H3,(H,15,17). The van der Waals surface area contributed by atoms with Crippen LogP contribution in [-0.4, -0.2) is 10.2 Å². The topological polar surface area (TPSA) is 63.8 Å². The second-order valence-electron chi connectivity index (χ2n) is 3.99. The van der Waals surface area contributed by atoms with Crippen molar-refractivity contribution in [3.63, 3.8) is 0 Å². The zero-order valence-electron chi connectivity index (χ0n) is 9.85. The molecule has 0 spiro atoms. The van der Waals surface area contributed by atoms with E-state index in [1.165, 1.54) is 5.56 Å². The highest BCUT2D eigenvalue weighted by Gasteiger charge is 1.96. The van der Waals surface area contributed by atoms with Crippen LogP contribution in [0.2, 0.25) is 0 Å². The first-order chi connectivity index (χ1) is 8.28. The predicted molar refractivity (Wildman–Crippen MR) is 68.4 cm³/mol. The van der Waals surface area contributed by atoms with Crippen molar-refractivity contribution in [3.8, 4) is 0 Å². The molecule has 88 valence electrons. The lowest BCUT2D eigenvalue weighted by molar-refractivity contribution is 0.986. The van der Waals surface area contributed by atoms with Crippen LogP contribution in [0.5, 0.6) is 0 Å². The minimum absolute atomic E-state index is 0.580. The fraction of sp³-hybridized carbons (Fsp3) is 0.231. The largest absolute Gasteiger partial charge is 0.364 e. The lowest BCUT2D eigenvalue weighted by Gasteiger charge is -2.06. The lowest BCUT2D eigenvalue weighted by Crippen LogP contribution is -2.03. The summed E-state index contributed by atoms with van der Waals surface area (Å²) in [5.74, 6) is 0.799. The number of hydrogen-bond donors (Lipinski definition) is 2. The van der Waals surface area contributed by atoms with Crippen molar-refractivity contribution in [3.05, 3.63) is 53.2 Å². The van der Waals surface area contributed by atoms with Crippen LogP contribution in [0.4, 0.5) is 5.82 Å². The van der Waals surface area contributed by atoms with Gasteiger partial charge in [0, 0.05) is 13.1 Å². The minimum atomic E-state index is 0.580. The van der Waals surface area contributed by atoms with Gasteiger partial charge in [-0.05, 0) is 29.7 Å². The van der Waals surface area contributed by atoms with Gasteiger partial charge < -0.3 is 11.1 Å². The van der Waals surface area contributed by atoms with Crippen LogP contribution in [0.3, 0.4) is 0 Å². The summed E-state index contributed by atoms with van der Waals surface area (Å²) < 4.78 is 0. The maximum Gasteiger partial charge on any atom is 0.149 e. The Morgan fingerprint density at radius 1 is 1.18 bits per heavy atom. The van der Waals surface area contributed by atoms with Gasteiger partial charge in [-0.3, -0.25) is 0 Å². The number of nitrogens with zero attached hydrogens (tertiary/aromatic N) is 2. The molecule has 0 aliphatic carbocycles. The molecule has 1 aromatic heterocycles. The molecule has 3 N–H and O–H groups in total. The number of rotatable bonds is 4. The Kier molecular flexibility index (Phi) is 3.67. The second-order valence-corrected chi connectivity index (χ2v) is 3.99. The minimum Gasteiger partial charge on any atom is -0.364 e. The Balaban J connectivity index is 1.97.